The molecule has 2 aliphatic rings. The molecule has 1 spiro atoms. The predicted octanol–water partition coefficient (Wildman–Crippen LogP) is 3.95. The second-order valence-corrected chi connectivity index (χ2v) is 8.77. The van der Waals surface area contributed by atoms with E-state index in [9.17, 15) is 14.4 Å². The molecular formula is C25H24N2O5. The highest BCUT2D eigenvalue weighted by Crippen LogP contribution is 2.41. The molecule has 1 fully saturated rings. The predicted molar refractivity (Wildman–Crippen MR) is 119 cm³/mol. The van der Waals surface area contributed by atoms with Crippen LogP contribution in [-0.4, -0.2) is 23.4 Å². The number of aryl methyl sites for hydroxylation is 1. The molecule has 7 nitrogen and oxygen atoms in total. The smallest absolute Gasteiger partial charge is 0.336 e. The van der Waals surface area contributed by atoms with E-state index in [4.69, 9.17) is 9.15 Å². The molecule has 1 N–H and O–H groups in total. The first-order valence-corrected chi connectivity index (χ1v) is 10.7. The van der Waals surface area contributed by atoms with Gasteiger partial charge in [0.15, 0.2) is 5.54 Å². The Morgan fingerprint density at radius 1 is 1.12 bits per heavy atom. The van der Waals surface area contributed by atoms with Gasteiger partial charge in [0.2, 0.25) is 0 Å². The number of ether oxygens (including phenoxy) is 1. The van der Waals surface area contributed by atoms with Crippen LogP contribution in [-0.2, 0) is 16.9 Å². The van der Waals surface area contributed by atoms with Crippen LogP contribution in [0.5, 0.6) is 5.75 Å². The standard InChI is InChI=1S/C25H24N2O5/c1-14(2)17-12-18-16(11-22(28)32-21(18)10-15(17)3)13-27-23(29)25(26-24(27)30)8-9-31-20-7-5-4-6-19(20)25/h4-7,10-12,14H,8-9,13H2,1-3H3,(H,26,30). The van der Waals surface area contributed by atoms with Gasteiger partial charge in [0.1, 0.15) is 11.3 Å². The third-order valence-electron chi connectivity index (χ3n) is 6.42. The molecule has 1 aromatic heterocycles. The second kappa shape index (κ2) is 7.22. The van der Waals surface area contributed by atoms with Gasteiger partial charge < -0.3 is 14.5 Å². The molecule has 5 rings (SSSR count). The van der Waals surface area contributed by atoms with Gasteiger partial charge in [0.05, 0.1) is 13.2 Å². The summed E-state index contributed by atoms with van der Waals surface area (Å²) in [5.74, 6) is 0.533. The highest BCUT2D eigenvalue weighted by Gasteiger charge is 2.54. The minimum atomic E-state index is -1.15. The lowest BCUT2D eigenvalue weighted by molar-refractivity contribution is -0.133. The number of fused-ring (bicyclic) bond motifs is 3. The molecule has 1 saturated heterocycles. The van der Waals surface area contributed by atoms with Crippen molar-refractivity contribution in [3.05, 3.63) is 75.1 Å². The van der Waals surface area contributed by atoms with Crippen molar-refractivity contribution in [2.75, 3.05) is 6.61 Å². The lowest BCUT2D eigenvalue weighted by Gasteiger charge is -2.33. The fraction of sp³-hybridized carbons (Fsp3) is 0.320. The molecule has 0 bridgehead atoms. The first-order chi connectivity index (χ1) is 15.3. The average Bonchev–Trinajstić information content (AvgIpc) is 2.98. The number of nitrogens with zero attached hydrogens (tertiary/aromatic N) is 1. The minimum absolute atomic E-state index is 0.0157. The van der Waals surface area contributed by atoms with Crippen LogP contribution < -0.4 is 15.7 Å². The summed E-state index contributed by atoms with van der Waals surface area (Å²) in [5.41, 5.74) is 2.18. The van der Waals surface area contributed by atoms with Crippen molar-refractivity contribution < 1.29 is 18.7 Å². The van der Waals surface area contributed by atoms with Crippen molar-refractivity contribution in [1.29, 1.82) is 0 Å². The molecular weight excluding hydrogens is 408 g/mol. The molecule has 3 amide bonds. The van der Waals surface area contributed by atoms with E-state index in [1.54, 1.807) is 12.1 Å². The maximum Gasteiger partial charge on any atom is 0.336 e. The van der Waals surface area contributed by atoms with E-state index in [0.29, 0.717) is 35.5 Å². The number of para-hydroxylation sites is 1. The van der Waals surface area contributed by atoms with Crippen LogP contribution in [0.3, 0.4) is 0 Å². The molecule has 0 radical (unpaired) electrons. The van der Waals surface area contributed by atoms with E-state index in [1.165, 1.54) is 11.0 Å². The van der Waals surface area contributed by atoms with E-state index >= 15 is 0 Å². The largest absolute Gasteiger partial charge is 0.493 e. The Bertz CT molecular complexity index is 1330. The van der Waals surface area contributed by atoms with Crippen LogP contribution >= 0.6 is 0 Å². The highest BCUT2D eigenvalue weighted by atomic mass is 16.5. The number of nitrogens with one attached hydrogen (secondary N) is 1. The van der Waals surface area contributed by atoms with Gasteiger partial charge in [-0.25, -0.2) is 9.59 Å². The molecule has 1 unspecified atom stereocenters. The van der Waals surface area contributed by atoms with Gasteiger partial charge in [-0.3, -0.25) is 9.69 Å². The molecule has 0 aliphatic carbocycles. The van der Waals surface area contributed by atoms with Crippen LogP contribution in [0.4, 0.5) is 4.79 Å². The summed E-state index contributed by atoms with van der Waals surface area (Å²) in [4.78, 5) is 40.0. The zero-order valence-corrected chi connectivity index (χ0v) is 18.2. The number of hydrogen-bond donors (Lipinski definition) is 1. The number of imide groups is 1. The first-order valence-electron chi connectivity index (χ1n) is 10.7. The highest BCUT2D eigenvalue weighted by molar-refractivity contribution is 6.08. The van der Waals surface area contributed by atoms with E-state index in [-0.39, 0.29) is 18.4 Å². The van der Waals surface area contributed by atoms with Gasteiger partial charge in [0, 0.05) is 23.4 Å². The van der Waals surface area contributed by atoms with Crippen molar-refractivity contribution in [1.82, 2.24) is 10.2 Å². The summed E-state index contributed by atoms with van der Waals surface area (Å²) >= 11 is 0. The van der Waals surface area contributed by atoms with Gasteiger partial charge in [-0.05, 0) is 47.7 Å². The van der Waals surface area contributed by atoms with Crippen LogP contribution in [0.25, 0.3) is 11.0 Å². The van der Waals surface area contributed by atoms with Crippen molar-refractivity contribution in [2.45, 2.75) is 45.2 Å². The molecule has 3 aromatic rings. The number of benzene rings is 2. The Kier molecular flexibility index (Phi) is 4.58. The molecule has 7 heteroatoms. The summed E-state index contributed by atoms with van der Waals surface area (Å²) in [6.45, 7) is 6.47. The van der Waals surface area contributed by atoms with Gasteiger partial charge in [0.25, 0.3) is 5.91 Å². The maximum absolute atomic E-state index is 13.6. The summed E-state index contributed by atoms with van der Waals surface area (Å²) < 4.78 is 11.1. The monoisotopic (exact) mass is 432 g/mol. The Balaban J connectivity index is 1.58. The molecule has 3 heterocycles. The summed E-state index contributed by atoms with van der Waals surface area (Å²) in [7, 11) is 0. The number of urea groups is 1. The molecule has 0 saturated carbocycles. The molecule has 2 aromatic carbocycles. The lowest BCUT2D eigenvalue weighted by atomic mass is 9.84. The lowest BCUT2D eigenvalue weighted by Crippen LogP contribution is -2.47. The van der Waals surface area contributed by atoms with Crippen molar-refractivity contribution in [3.8, 4) is 5.75 Å². The molecule has 32 heavy (non-hydrogen) atoms. The fourth-order valence-electron chi connectivity index (χ4n) is 4.83. The zero-order valence-electron chi connectivity index (χ0n) is 18.2. The zero-order chi connectivity index (χ0) is 22.6. The van der Waals surface area contributed by atoms with Crippen molar-refractivity contribution >= 4 is 22.9 Å². The summed E-state index contributed by atoms with van der Waals surface area (Å²) in [6.07, 6.45) is 0.347. The summed E-state index contributed by atoms with van der Waals surface area (Å²) in [5, 5.41) is 3.63. The molecule has 1 atom stereocenters. The van der Waals surface area contributed by atoms with Crippen LogP contribution in [0.15, 0.2) is 51.7 Å². The van der Waals surface area contributed by atoms with Gasteiger partial charge in [-0.15, -0.1) is 0 Å². The van der Waals surface area contributed by atoms with E-state index in [0.717, 1.165) is 16.5 Å². The van der Waals surface area contributed by atoms with Gasteiger partial charge in [-0.1, -0.05) is 32.0 Å². The number of hydrogen-bond acceptors (Lipinski definition) is 5. The maximum atomic E-state index is 13.6. The Morgan fingerprint density at radius 3 is 2.69 bits per heavy atom. The van der Waals surface area contributed by atoms with E-state index < -0.39 is 17.2 Å². The van der Waals surface area contributed by atoms with Crippen molar-refractivity contribution in [2.24, 2.45) is 0 Å². The minimum Gasteiger partial charge on any atom is -0.493 e. The van der Waals surface area contributed by atoms with Gasteiger partial charge in [-0.2, -0.15) is 0 Å². The van der Waals surface area contributed by atoms with E-state index in [1.807, 2.05) is 31.2 Å². The average molecular weight is 432 g/mol. The first kappa shape index (κ1) is 20.3. The number of rotatable bonds is 3. The molecule has 2 aliphatic heterocycles. The topological polar surface area (TPSA) is 88.8 Å². The Labute approximate surface area is 185 Å². The Morgan fingerprint density at radius 2 is 1.91 bits per heavy atom. The number of amides is 3. The summed E-state index contributed by atoms with van der Waals surface area (Å²) in [6, 6.07) is 12.0. The Hall–Kier alpha value is -3.61. The van der Waals surface area contributed by atoms with Crippen LogP contribution in [0.2, 0.25) is 0 Å². The van der Waals surface area contributed by atoms with E-state index in [2.05, 4.69) is 19.2 Å². The van der Waals surface area contributed by atoms with Crippen molar-refractivity contribution in [3.63, 3.8) is 0 Å². The van der Waals surface area contributed by atoms with Gasteiger partial charge >= 0.3 is 11.7 Å². The third-order valence-corrected chi connectivity index (χ3v) is 6.42. The molecule has 164 valence electrons. The quantitative estimate of drug-likeness (QED) is 0.500. The SMILES string of the molecule is Cc1cc2oc(=O)cc(CN3C(=O)NC4(CCOc5ccccc54)C3=O)c2cc1C(C)C. The van der Waals surface area contributed by atoms with Crippen LogP contribution in [0, 0.1) is 6.92 Å². The second-order valence-electron chi connectivity index (χ2n) is 8.77. The normalized spacial score (nSPS) is 20.1. The number of carbonyl (C=O) groups excluding carboxylic acids is 2. The third kappa shape index (κ3) is 2.99. The number of carbonyl (C=O) groups is 2. The fourth-order valence-corrected chi connectivity index (χ4v) is 4.83. The van der Waals surface area contributed by atoms with Crippen LogP contribution in [0.1, 0.15) is 48.4 Å².